The van der Waals surface area contributed by atoms with E-state index in [9.17, 15) is 0 Å². The van der Waals surface area contributed by atoms with Gasteiger partial charge in [-0.15, -0.1) is 0 Å². The highest BCUT2D eigenvalue weighted by atomic mass is 15.0. The maximum absolute atomic E-state index is 5.95. The van der Waals surface area contributed by atoms with Crippen molar-refractivity contribution >= 4 is 11.5 Å². The van der Waals surface area contributed by atoms with Crippen molar-refractivity contribution < 1.29 is 0 Å². The summed E-state index contributed by atoms with van der Waals surface area (Å²) in [5, 5.41) is 3.32. The summed E-state index contributed by atoms with van der Waals surface area (Å²) in [6.07, 6.45) is 8.30. The van der Waals surface area contributed by atoms with E-state index in [1.54, 1.807) is 6.20 Å². The predicted molar refractivity (Wildman–Crippen MR) is 79.8 cm³/mol. The Kier molecular flexibility index (Phi) is 6.55. The maximum Gasteiger partial charge on any atom is 0.149 e. The summed E-state index contributed by atoms with van der Waals surface area (Å²) in [5.74, 6) is 1.66. The number of unbranched alkanes of at least 4 members (excludes halogenated alkanes) is 3. The van der Waals surface area contributed by atoms with Crippen molar-refractivity contribution in [3.8, 4) is 0 Å². The van der Waals surface area contributed by atoms with Crippen molar-refractivity contribution in [1.29, 1.82) is 0 Å². The summed E-state index contributed by atoms with van der Waals surface area (Å²) in [4.78, 5) is 4.26. The van der Waals surface area contributed by atoms with Crippen LogP contribution in [0.15, 0.2) is 12.3 Å². The molecule has 18 heavy (non-hydrogen) atoms. The van der Waals surface area contributed by atoms with Gasteiger partial charge in [0.15, 0.2) is 0 Å². The fourth-order valence-electron chi connectivity index (χ4n) is 1.95. The van der Waals surface area contributed by atoms with Crippen LogP contribution in [0.2, 0.25) is 0 Å². The van der Waals surface area contributed by atoms with Crippen molar-refractivity contribution in [2.45, 2.75) is 52.9 Å². The number of nitrogens with two attached hydrogens (primary N) is 1. The molecule has 0 fully saturated rings. The standard InChI is InChI=1S/C15H27N3/c1-12(2)8-6-4-5-7-10-17-15-14(16)13(3)9-11-18-15/h9,11-12H,4-8,10,16H2,1-3H3,(H,17,18). The number of pyridine rings is 1. The lowest BCUT2D eigenvalue weighted by atomic mass is 10.0. The number of hydrogen-bond donors (Lipinski definition) is 2. The van der Waals surface area contributed by atoms with E-state index in [0.717, 1.165) is 29.5 Å². The first-order valence-corrected chi connectivity index (χ1v) is 7.06. The molecule has 0 radical (unpaired) electrons. The SMILES string of the molecule is Cc1ccnc(NCCCCCCC(C)C)c1N. The molecule has 0 aliphatic carbocycles. The average Bonchev–Trinajstić information content (AvgIpc) is 2.32. The fraction of sp³-hybridized carbons (Fsp3) is 0.667. The van der Waals surface area contributed by atoms with E-state index in [4.69, 9.17) is 5.73 Å². The van der Waals surface area contributed by atoms with Crippen LogP contribution in [0.5, 0.6) is 0 Å². The van der Waals surface area contributed by atoms with Gasteiger partial charge in [-0.2, -0.15) is 0 Å². The molecule has 0 amide bonds. The van der Waals surface area contributed by atoms with Crippen LogP contribution in [0.1, 0.15) is 51.5 Å². The molecule has 1 rings (SSSR count). The van der Waals surface area contributed by atoms with Crippen molar-refractivity contribution in [3.05, 3.63) is 17.8 Å². The first-order valence-electron chi connectivity index (χ1n) is 7.06. The molecule has 3 N–H and O–H groups in total. The predicted octanol–water partition coefficient (Wildman–Crippen LogP) is 3.99. The zero-order valence-corrected chi connectivity index (χ0v) is 12.0. The molecule has 0 aliphatic rings. The van der Waals surface area contributed by atoms with Gasteiger partial charge in [0.2, 0.25) is 0 Å². The van der Waals surface area contributed by atoms with Gasteiger partial charge in [0, 0.05) is 12.7 Å². The smallest absolute Gasteiger partial charge is 0.149 e. The van der Waals surface area contributed by atoms with Crippen molar-refractivity contribution in [1.82, 2.24) is 4.98 Å². The van der Waals surface area contributed by atoms with Crippen molar-refractivity contribution in [3.63, 3.8) is 0 Å². The number of hydrogen-bond acceptors (Lipinski definition) is 3. The topological polar surface area (TPSA) is 50.9 Å². The molecule has 1 heterocycles. The van der Waals surface area contributed by atoms with Gasteiger partial charge in [-0.1, -0.05) is 39.5 Å². The van der Waals surface area contributed by atoms with Gasteiger partial charge in [0.1, 0.15) is 5.82 Å². The minimum absolute atomic E-state index is 0.775. The number of nitrogens with zero attached hydrogens (tertiary/aromatic N) is 1. The Morgan fingerprint density at radius 2 is 1.94 bits per heavy atom. The van der Waals surface area contributed by atoms with E-state index in [0.29, 0.717) is 0 Å². The molecule has 0 aromatic carbocycles. The van der Waals surface area contributed by atoms with Gasteiger partial charge in [-0.05, 0) is 30.9 Å². The number of nitrogens with one attached hydrogen (secondary N) is 1. The van der Waals surface area contributed by atoms with Crippen LogP contribution in [-0.2, 0) is 0 Å². The van der Waals surface area contributed by atoms with Gasteiger partial charge in [0.25, 0.3) is 0 Å². The Balaban J connectivity index is 2.13. The molecule has 102 valence electrons. The molecule has 3 heteroatoms. The summed E-state index contributed by atoms with van der Waals surface area (Å²) in [6, 6.07) is 1.94. The van der Waals surface area contributed by atoms with Gasteiger partial charge < -0.3 is 11.1 Å². The van der Waals surface area contributed by atoms with Crippen LogP contribution in [0.25, 0.3) is 0 Å². The van der Waals surface area contributed by atoms with E-state index in [1.807, 2.05) is 13.0 Å². The highest BCUT2D eigenvalue weighted by Gasteiger charge is 2.01. The van der Waals surface area contributed by atoms with E-state index in [1.165, 1.54) is 32.1 Å². The lowest BCUT2D eigenvalue weighted by Gasteiger charge is -2.09. The number of nitrogen functional groups attached to an aromatic ring is 1. The number of rotatable bonds is 8. The summed E-state index contributed by atoms with van der Waals surface area (Å²) in [5.41, 5.74) is 7.82. The number of anilines is 2. The second-order valence-electron chi connectivity index (χ2n) is 5.41. The molecular weight excluding hydrogens is 222 g/mol. The van der Waals surface area contributed by atoms with E-state index < -0.39 is 0 Å². The maximum atomic E-state index is 5.95. The Labute approximate surface area is 111 Å². The van der Waals surface area contributed by atoms with Crippen LogP contribution < -0.4 is 11.1 Å². The van der Waals surface area contributed by atoms with E-state index in [-0.39, 0.29) is 0 Å². The third kappa shape index (κ3) is 5.39. The summed E-state index contributed by atoms with van der Waals surface area (Å²) in [7, 11) is 0. The van der Waals surface area contributed by atoms with Gasteiger partial charge in [-0.25, -0.2) is 4.98 Å². The zero-order valence-electron chi connectivity index (χ0n) is 12.0. The molecule has 0 bridgehead atoms. The molecule has 0 atom stereocenters. The lowest BCUT2D eigenvalue weighted by Crippen LogP contribution is -2.07. The monoisotopic (exact) mass is 249 g/mol. The highest BCUT2D eigenvalue weighted by molar-refractivity contribution is 5.64. The average molecular weight is 249 g/mol. The molecule has 1 aromatic heterocycles. The number of aryl methyl sites for hydroxylation is 1. The van der Waals surface area contributed by atoms with E-state index >= 15 is 0 Å². The molecule has 3 nitrogen and oxygen atoms in total. The third-order valence-electron chi connectivity index (χ3n) is 3.21. The molecule has 0 aliphatic heterocycles. The molecule has 0 spiro atoms. The second-order valence-corrected chi connectivity index (χ2v) is 5.41. The Morgan fingerprint density at radius 3 is 2.67 bits per heavy atom. The first kappa shape index (κ1) is 14.8. The molecule has 0 unspecified atom stereocenters. The molecule has 1 aromatic rings. The fourth-order valence-corrected chi connectivity index (χ4v) is 1.95. The molecular formula is C15H27N3. The highest BCUT2D eigenvalue weighted by Crippen LogP contribution is 2.18. The lowest BCUT2D eigenvalue weighted by molar-refractivity contribution is 0.523. The van der Waals surface area contributed by atoms with Crippen LogP contribution in [-0.4, -0.2) is 11.5 Å². The van der Waals surface area contributed by atoms with E-state index in [2.05, 4.69) is 24.1 Å². The van der Waals surface area contributed by atoms with Crippen LogP contribution in [0.3, 0.4) is 0 Å². The Morgan fingerprint density at radius 1 is 1.22 bits per heavy atom. The summed E-state index contributed by atoms with van der Waals surface area (Å²) >= 11 is 0. The van der Waals surface area contributed by atoms with Crippen LogP contribution in [0.4, 0.5) is 11.5 Å². The quantitative estimate of drug-likeness (QED) is 0.685. The second kappa shape index (κ2) is 7.96. The molecule has 0 saturated heterocycles. The largest absolute Gasteiger partial charge is 0.396 e. The summed E-state index contributed by atoms with van der Waals surface area (Å²) in [6.45, 7) is 7.54. The number of aromatic nitrogens is 1. The van der Waals surface area contributed by atoms with Gasteiger partial charge >= 0.3 is 0 Å². The normalized spacial score (nSPS) is 10.9. The van der Waals surface area contributed by atoms with Gasteiger partial charge in [-0.3, -0.25) is 0 Å². The third-order valence-corrected chi connectivity index (χ3v) is 3.21. The molecule has 0 saturated carbocycles. The van der Waals surface area contributed by atoms with Crippen LogP contribution in [0, 0.1) is 12.8 Å². The summed E-state index contributed by atoms with van der Waals surface area (Å²) < 4.78 is 0. The van der Waals surface area contributed by atoms with Crippen LogP contribution >= 0.6 is 0 Å². The minimum atomic E-state index is 0.775. The van der Waals surface area contributed by atoms with Crippen molar-refractivity contribution in [2.75, 3.05) is 17.6 Å². The van der Waals surface area contributed by atoms with Crippen molar-refractivity contribution in [2.24, 2.45) is 5.92 Å². The Hall–Kier alpha value is -1.25. The Bertz CT molecular complexity index is 348. The minimum Gasteiger partial charge on any atom is -0.396 e. The zero-order chi connectivity index (χ0) is 13.4. The van der Waals surface area contributed by atoms with Gasteiger partial charge in [0.05, 0.1) is 5.69 Å². The first-order chi connectivity index (χ1) is 8.61.